The lowest BCUT2D eigenvalue weighted by molar-refractivity contribution is -0.185. The van der Waals surface area contributed by atoms with E-state index in [-0.39, 0.29) is 61.8 Å². The zero-order valence-electron chi connectivity index (χ0n) is 19.5. The highest BCUT2D eigenvalue weighted by atomic mass is 19.4. The van der Waals surface area contributed by atoms with Gasteiger partial charge >= 0.3 is 6.18 Å². The molecule has 188 valence electrons. The number of nitrogens with zero attached hydrogens (tertiary/aromatic N) is 2. The van der Waals surface area contributed by atoms with Gasteiger partial charge in [0.15, 0.2) is 11.4 Å². The van der Waals surface area contributed by atoms with Crippen LogP contribution in [0.1, 0.15) is 54.6 Å². The normalized spacial score (nSPS) is 22.6. The van der Waals surface area contributed by atoms with Crippen molar-refractivity contribution in [2.45, 2.75) is 57.3 Å². The van der Waals surface area contributed by atoms with Crippen LogP contribution in [-0.4, -0.2) is 47.1 Å². The van der Waals surface area contributed by atoms with Crippen molar-refractivity contribution in [1.29, 1.82) is 0 Å². The Hall–Kier alpha value is -3.10. The van der Waals surface area contributed by atoms with E-state index >= 15 is 0 Å². The van der Waals surface area contributed by atoms with Crippen LogP contribution in [0.25, 0.3) is 0 Å². The number of rotatable bonds is 7. The summed E-state index contributed by atoms with van der Waals surface area (Å²) in [6.45, 7) is 1.13. The molecule has 0 spiro atoms. The Morgan fingerprint density at radius 3 is 2.49 bits per heavy atom. The molecule has 4 rings (SSSR count). The van der Waals surface area contributed by atoms with Crippen molar-refractivity contribution in [3.63, 3.8) is 0 Å². The Morgan fingerprint density at radius 2 is 1.77 bits per heavy atom. The third-order valence-electron chi connectivity index (χ3n) is 6.91. The Labute approximate surface area is 202 Å². The summed E-state index contributed by atoms with van der Waals surface area (Å²) in [6.07, 6.45) is -0.560. The average Bonchev–Trinajstić information content (AvgIpc) is 3.34. The number of benzene rings is 1. The monoisotopic (exact) mass is 489 g/mol. The maximum atomic E-state index is 13.1. The maximum absolute atomic E-state index is 13.1. The summed E-state index contributed by atoms with van der Waals surface area (Å²) in [7, 11) is 0. The number of aromatic nitrogens is 1. The van der Waals surface area contributed by atoms with Crippen LogP contribution < -0.4 is 10.1 Å². The van der Waals surface area contributed by atoms with Gasteiger partial charge in [-0.1, -0.05) is 30.3 Å². The number of hydrogen-bond donors (Lipinski definition) is 1. The standard InChI is InChI=1S/C26H30F3N3O3/c27-26(28,29)20-12-10-19(11-13-20)25(34)32-15-5-8-21(32)17-35-22-9-4-14-30-23(22)24(33)31-16-18-6-2-1-3-7-18/h1-4,6-7,9,14,19-21H,5,8,10-13,15-17H2,(H,31,33). The molecule has 0 radical (unpaired) electrons. The van der Waals surface area contributed by atoms with E-state index in [9.17, 15) is 22.8 Å². The van der Waals surface area contributed by atoms with E-state index in [1.54, 1.807) is 17.0 Å². The molecule has 1 atom stereocenters. The second-order valence-corrected chi connectivity index (χ2v) is 9.25. The number of likely N-dealkylation sites (tertiary alicyclic amines) is 1. The number of halogens is 3. The molecule has 9 heteroatoms. The minimum atomic E-state index is -4.19. The van der Waals surface area contributed by atoms with E-state index in [2.05, 4.69) is 10.3 Å². The Kier molecular flexibility index (Phi) is 7.93. The van der Waals surface area contributed by atoms with Crippen molar-refractivity contribution in [1.82, 2.24) is 15.2 Å². The van der Waals surface area contributed by atoms with E-state index < -0.39 is 12.1 Å². The molecule has 6 nitrogen and oxygen atoms in total. The number of alkyl halides is 3. The summed E-state index contributed by atoms with van der Waals surface area (Å²) in [6, 6.07) is 12.7. The lowest BCUT2D eigenvalue weighted by atomic mass is 9.81. The highest BCUT2D eigenvalue weighted by Gasteiger charge is 2.44. The first-order valence-electron chi connectivity index (χ1n) is 12.1. The molecule has 1 aromatic heterocycles. The Bertz CT molecular complexity index is 1010. The highest BCUT2D eigenvalue weighted by Crippen LogP contribution is 2.40. The number of nitrogens with one attached hydrogen (secondary N) is 1. The van der Waals surface area contributed by atoms with Crippen LogP contribution in [0.5, 0.6) is 5.75 Å². The van der Waals surface area contributed by atoms with Gasteiger partial charge in [-0.05, 0) is 56.2 Å². The van der Waals surface area contributed by atoms with Crippen molar-refractivity contribution in [3.8, 4) is 5.75 Å². The first-order chi connectivity index (χ1) is 16.8. The minimum Gasteiger partial charge on any atom is -0.489 e. The molecule has 2 amide bonds. The van der Waals surface area contributed by atoms with Crippen LogP contribution in [0.3, 0.4) is 0 Å². The van der Waals surface area contributed by atoms with Crippen molar-refractivity contribution in [2.75, 3.05) is 13.2 Å². The van der Waals surface area contributed by atoms with Gasteiger partial charge in [0, 0.05) is 25.2 Å². The molecule has 2 aliphatic rings. The molecule has 1 unspecified atom stereocenters. The highest BCUT2D eigenvalue weighted by molar-refractivity contribution is 5.94. The third kappa shape index (κ3) is 6.32. The van der Waals surface area contributed by atoms with E-state index in [0.717, 1.165) is 18.4 Å². The van der Waals surface area contributed by atoms with Crippen LogP contribution in [0, 0.1) is 11.8 Å². The van der Waals surface area contributed by atoms with Crippen molar-refractivity contribution >= 4 is 11.8 Å². The summed E-state index contributed by atoms with van der Waals surface area (Å²) < 4.78 is 44.9. The predicted octanol–water partition coefficient (Wildman–Crippen LogP) is 4.75. The number of ether oxygens (including phenoxy) is 1. The Morgan fingerprint density at radius 1 is 1.03 bits per heavy atom. The van der Waals surface area contributed by atoms with Gasteiger partial charge in [0.05, 0.1) is 12.0 Å². The molecule has 35 heavy (non-hydrogen) atoms. The number of carbonyl (C=O) groups is 2. The van der Waals surface area contributed by atoms with Crippen LogP contribution in [0.4, 0.5) is 13.2 Å². The van der Waals surface area contributed by atoms with Crippen LogP contribution in [0.15, 0.2) is 48.7 Å². The number of amides is 2. The Balaban J connectivity index is 1.33. The maximum Gasteiger partial charge on any atom is 0.391 e. The zero-order chi connectivity index (χ0) is 24.8. The zero-order valence-corrected chi connectivity index (χ0v) is 19.5. The number of carbonyl (C=O) groups excluding carboxylic acids is 2. The predicted molar refractivity (Wildman–Crippen MR) is 124 cm³/mol. The quantitative estimate of drug-likeness (QED) is 0.609. The topological polar surface area (TPSA) is 71.5 Å². The first-order valence-corrected chi connectivity index (χ1v) is 12.1. The van der Waals surface area contributed by atoms with Crippen molar-refractivity contribution < 1.29 is 27.5 Å². The first kappa shape index (κ1) is 25.0. The average molecular weight is 490 g/mol. The molecule has 2 aromatic rings. The lowest BCUT2D eigenvalue weighted by Gasteiger charge is -2.33. The fraction of sp³-hybridized carbons (Fsp3) is 0.500. The molecule has 1 aromatic carbocycles. The van der Waals surface area contributed by atoms with Crippen LogP contribution >= 0.6 is 0 Å². The smallest absolute Gasteiger partial charge is 0.391 e. The molecule has 0 bridgehead atoms. The van der Waals surface area contributed by atoms with Crippen molar-refractivity contribution in [3.05, 3.63) is 59.9 Å². The van der Waals surface area contributed by atoms with Gasteiger partial charge in [-0.3, -0.25) is 9.59 Å². The second kappa shape index (κ2) is 11.1. The SMILES string of the molecule is O=C(NCc1ccccc1)c1ncccc1OCC1CCCN1C(=O)C1CCC(C(F)(F)F)CC1. The molecule has 1 saturated heterocycles. The third-order valence-corrected chi connectivity index (χ3v) is 6.91. The summed E-state index contributed by atoms with van der Waals surface area (Å²) in [4.78, 5) is 31.7. The summed E-state index contributed by atoms with van der Waals surface area (Å²) in [5, 5.41) is 2.84. The second-order valence-electron chi connectivity index (χ2n) is 9.25. The summed E-state index contributed by atoms with van der Waals surface area (Å²) in [5.41, 5.74) is 1.13. The van der Waals surface area contributed by atoms with Gasteiger partial charge in [-0.2, -0.15) is 13.2 Å². The molecule has 1 N–H and O–H groups in total. The number of hydrogen-bond acceptors (Lipinski definition) is 4. The van der Waals surface area contributed by atoms with Gasteiger partial charge in [-0.25, -0.2) is 4.98 Å². The van der Waals surface area contributed by atoms with E-state index in [4.69, 9.17) is 4.74 Å². The van der Waals surface area contributed by atoms with Gasteiger partial charge in [0.25, 0.3) is 5.91 Å². The molecule has 1 saturated carbocycles. The van der Waals surface area contributed by atoms with Gasteiger partial charge in [0.1, 0.15) is 6.61 Å². The number of pyridine rings is 1. The van der Waals surface area contributed by atoms with Gasteiger partial charge in [0.2, 0.25) is 5.91 Å². The molecule has 1 aliphatic carbocycles. The summed E-state index contributed by atoms with van der Waals surface area (Å²) in [5.74, 6) is -1.77. The van der Waals surface area contributed by atoms with Crippen molar-refractivity contribution in [2.24, 2.45) is 11.8 Å². The van der Waals surface area contributed by atoms with E-state index in [0.29, 0.717) is 18.8 Å². The van der Waals surface area contributed by atoms with Gasteiger partial charge < -0.3 is 15.0 Å². The molecule has 1 aliphatic heterocycles. The van der Waals surface area contributed by atoms with Crippen LogP contribution in [-0.2, 0) is 11.3 Å². The van der Waals surface area contributed by atoms with E-state index in [1.165, 1.54) is 6.20 Å². The lowest BCUT2D eigenvalue weighted by Crippen LogP contribution is -2.44. The fourth-order valence-electron chi connectivity index (χ4n) is 4.93. The fourth-order valence-corrected chi connectivity index (χ4v) is 4.93. The molecular weight excluding hydrogens is 459 g/mol. The van der Waals surface area contributed by atoms with E-state index in [1.807, 2.05) is 30.3 Å². The molecule has 2 fully saturated rings. The van der Waals surface area contributed by atoms with Gasteiger partial charge in [-0.15, -0.1) is 0 Å². The largest absolute Gasteiger partial charge is 0.489 e. The molecular formula is C26H30F3N3O3. The minimum absolute atomic E-state index is 0.00600. The van der Waals surface area contributed by atoms with Crippen LogP contribution in [0.2, 0.25) is 0 Å². The summed E-state index contributed by atoms with van der Waals surface area (Å²) >= 11 is 0. The molecule has 2 heterocycles.